The Hall–Kier alpha value is -5.14. The van der Waals surface area contributed by atoms with E-state index in [1.807, 2.05) is 0 Å². The van der Waals surface area contributed by atoms with Crippen LogP contribution in [0.5, 0.6) is 0 Å². The van der Waals surface area contributed by atoms with Crippen molar-refractivity contribution in [3.8, 4) is 33.4 Å². The van der Waals surface area contributed by atoms with E-state index < -0.39 is 0 Å². The zero-order valence-corrected chi connectivity index (χ0v) is 22.5. The maximum absolute atomic E-state index is 6.43. The standard InChI is InChI=1S/C40H26O/c1-2-11-27-23-28(18-17-25(27)9-1)38-31-13-5-7-15-33(31)39(34-16-8-6-14-32(34)38)29-20-21-36-35(24-29)40-30-12-4-3-10-26(30)19-22-37(40)41-36/h1-18,20-21,23-24H,19,22H2. The molecule has 0 radical (unpaired) electrons. The molecule has 0 fully saturated rings. The van der Waals surface area contributed by atoms with Gasteiger partial charge in [0, 0.05) is 17.4 Å². The van der Waals surface area contributed by atoms with E-state index in [9.17, 15) is 0 Å². The summed E-state index contributed by atoms with van der Waals surface area (Å²) < 4.78 is 6.43. The Balaban J connectivity index is 1.35. The van der Waals surface area contributed by atoms with Crippen molar-refractivity contribution in [3.63, 3.8) is 0 Å². The SMILES string of the molecule is c1ccc2c(c1)CCc1oc3ccc(-c4c5ccccc5c(-c5ccc6ccccc6c5)c5ccccc45)cc3c1-2. The second-order valence-corrected chi connectivity index (χ2v) is 11.2. The molecule has 0 bridgehead atoms. The van der Waals surface area contributed by atoms with Crippen LogP contribution in [0, 0.1) is 0 Å². The maximum Gasteiger partial charge on any atom is 0.134 e. The van der Waals surface area contributed by atoms with Gasteiger partial charge < -0.3 is 4.42 Å². The minimum atomic E-state index is 0.947. The van der Waals surface area contributed by atoms with Crippen molar-refractivity contribution >= 4 is 43.3 Å². The zero-order chi connectivity index (χ0) is 26.9. The third kappa shape index (κ3) is 3.36. The van der Waals surface area contributed by atoms with Crippen LogP contribution in [0.15, 0.2) is 138 Å². The van der Waals surface area contributed by atoms with Gasteiger partial charge in [-0.25, -0.2) is 0 Å². The van der Waals surface area contributed by atoms with Gasteiger partial charge in [-0.2, -0.15) is 0 Å². The van der Waals surface area contributed by atoms with Crippen LogP contribution in [0.2, 0.25) is 0 Å². The van der Waals surface area contributed by atoms with Gasteiger partial charge in [0.1, 0.15) is 11.3 Å². The monoisotopic (exact) mass is 522 g/mol. The molecule has 8 aromatic rings. The Morgan fingerprint density at radius 2 is 1.00 bits per heavy atom. The smallest absolute Gasteiger partial charge is 0.134 e. The van der Waals surface area contributed by atoms with Gasteiger partial charge >= 0.3 is 0 Å². The van der Waals surface area contributed by atoms with Crippen molar-refractivity contribution in [3.05, 3.63) is 145 Å². The highest BCUT2D eigenvalue weighted by atomic mass is 16.3. The third-order valence-corrected chi connectivity index (χ3v) is 8.93. The number of hydrogen-bond donors (Lipinski definition) is 0. The number of fused-ring (bicyclic) bond motifs is 8. The highest BCUT2D eigenvalue weighted by molar-refractivity contribution is 6.22. The van der Waals surface area contributed by atoms with E-state index in [1.165, 1.54) is 76.6 Å². The lowest BCUT2D eigenvalue weighted by Crippen LogP contribution is -2.01. The fourth-order valence-corrected chi connectivity index (χ4v) is 7.10. The van der Waals surface area contributed by atoms with Gasteiger partial charge in [-0.1, -0.05) is 115 Å². The highest BCUT2D eigenvalue weighted by Gasteiger charge is 2.24. The molecule has 0 atom stereocenters. The van der Waals surface area contributed by atoms with Crippen molar-refractivity contribution in [2.45, 2.75) is 12.8 Å². The number of rotatable bonds is 2. The minimum absolute atomic E-state index is 0.947. The number of benzene rings is 7. The summed E-state index contributed by atoms with van der Waals surface area (Å²) in [7, 11) is 0. The Bertz CT molecular complexity index is 2260. The molecule has 9 rings (SSSR count). The fraction of sp³-hybridized carbons (Fsp3) is 0.0500. The normalized spacial score (nSPS) is 12.7. The summed E-state index contributed by atoms with van der Waals surface area (Å²) >= 11 is 0. The van der Waals surface area contributed by atoms with Crippen LogP contribution >= 0.6 is 0 Å². The summed E-state index contributed by atoms with van der Waals surface area (Å²) in [6.45, 7) is 0. The van der Waals surface area contributed by atoms with Crippen LogP contribution in [0.25, 0.3) is 76.7 Å². The molecule has 0 spiro atoms. The number of furan rings is 1. The van der Waals surface area contributed by atoms with Crippen LogP contribution in [0.4, 0.5) is 0 Å². The Morgan fingerprint density at radius 1 is 0.415 bits per heavy atom. The molecule has 1 nitrogen and oxygen atoms in total. The molecule has 0 aliphatic heterocycles. The lowest BCUT2D eigenvalue weighted by Gasteiger charge is -2.18. The molecule has 0 saturated carbocycles. The van der Waals surface area contributed by atoms with Crippen LogP contribution < -0.4 is 0 Å². The Labute approximate surface area is 238 Å². The predicted molar refractivity (Wildman–Crippen MR) is 172 cm³/mol. The fourth-order valence-electron chi connectivity index (χ4n) is 7.10. The first-order valence-electron chi connectivity index (χ1n) is 14.4. The van der Waals surface area contributed by atoms with E-state index in [2.05, 4.69) is 133 Å². The minimum Gasteiger partial charge on any atom is -0.460 e. The lowest BCUT2D eigenvalue weighted by molar-refractivity contribution is 0.546. The Morgan fingerprint density at radius 3 is 1.73 bits per heavy atom. The van der Waals surface area contributed by atoms with Gasteiger partial charge in [-0.15, -0.1) is 0 Å². The molecular weight excluding hydrogens is 496 g/mol. The summed E-state index contributed by atoms with van der Waals surface area (Å²) in [6, 6.07) is 48.8. The lowest BCUT2D eigenvalue weighted by atomic mass is 9.84. The van der Waals surface area contributed by atoms with Crippen molar-refractivity contribution in [2.24, 2.45) is 0 Å². The summed E-state index contributed by atoms with van der Waals surface area (Å²) in [6.07, 6.45) is 1.98. The summed E-state index contributed by atoms with van der Waals surface area (Å²) in [5.74, 6) is 1.11. The van der Waals surface area contributed by atoms with E-state index in [-0.39, 0.29) is 0 Å². The third-order valence-electron chi connectivity index (χ3n) is 8.93. The van der Waals surface area contributed by atoms with Gasteiger partial charge in [0.2, 0.25) is 0 Å². The molecule has 1 heteroatoms. The molecule has 7 aromatic carbocycles. The average molecular weight is 523 g/mol. The van der Waals surface area contributed by atoms with E-state index in [1.54, 1.807) is 0 Å². The number of aryl methyl sites for hydroxylation is 2. The Kier molecular flexibility index (Phi) is 4.80. The van der Waals surface area contributed by atoms with Gasteiger partial charge in [0.05, 0.1) is 0 Å². The van der Waals surface area contributed by atoms with Crippen molar-refractivity contribution < 1.29 is 4.42 Å². The molecule has 0 amide bonds. The highest BCUT2D eigenvalue weighted by Crippen LogP contribution is 2.46. The molecule has 1 aliphatic carbocycles. The molecule has 0 unspecified atom stereocenters. The van der Waals surface area contributed by atoms with Crippen LogP contribution in [-0.4, -0.2) is 0 Å². The van der Waals surface area contributed by atoms with E-state index >= 15 is 0 Å². The predicted octanol–water partition coefficient (Wildman–Crippen LogP) is 11.0. The van der Waals surface area contributed by atoms with Gasteiger partial charge in [-0.05, 0) is 90.3 Å². The molecular formula is C40H26O. The van der Waals surface area contributed by atoms with Crippen molar-refractivity contribution in [2.75, 3.05) is 0 Å². The number of hydrogen-bond acceptors (Lipinski definition) is 1. The summed E-state index contributed by atoms with van der Waals surface area (Å²) in [5, 5.41) is 8.82. The summed E-state index contributed by atoms with van der Waals surface area (Å²) in [4.78, 5) is 0. The molecule has 41 heavy (non-hydrogen) atoms. The molecule has 1 aromatic heterocycles. The second kappa shape index (κ2) is 8.68. The quantitative estimate of drug-likeness (QED) is 0.206. The van der Waals surface area contributed by atoms with Gasteiger partial charge in [0.25, 0.3) is 0 Å². The first kappa shape index (κ1) is 22.7. The molecule has 192 valence electrons. The van der Waals surface area contributed by atoms with E-state index in [0.717, 1.165) is 24.2 Å². The van der Waals surface area contributed by atoms with Crippen LogP contribution in [-0.2, 0) is 12.8 Å². The first-order valence-corrected chi connectivity index (χ1v) is 14.4. The largest absolute Gasteiger partial charge is 0.460 e. The van der Waals surface area contributed by atoms with Crippen molar-refractivity contribution in [1.82, 2.24) is 0 Å². The van der Waals surface area contributed by atoms with Gasteiger partial charge in [0.15, 0.2) is 0 Å². The molecule has 1 heterocycles. The van der Waals surface area contributed by atoms with E-state index in [4.69, 9.17) is 4.42 Å². The van der Waals surface area contributed by atoms with E-state index in [0.29, 0.717) is 0 Å². The molecule has 0 saturated heterocycles. The zero-order valence-electron chi connectivity index (χ0n) is 22.5. The first-order chi connectivity index (χ1) is 20.3. The second-order valence-electron chi connectivity index (χ2n) is 11.2. The van der Waals surface area contributed by atoms with Crippen LogP contribution in [0.3, 0.4) is 0 Å². The van der Waals surface area contributed by atoms with Crippen LogP contribution in [0.1, 0.15) is 11.3 Å². The average Bonchev–Trinajstić information content (AvgIpc) is 3.42. The molecule has 0 N–H and O–H groups in total. The maximum atomic E-state index is 6.43. The summed E-state index contributed by atoms with van der Waals surface area (Å²) in [5.41, 5.74) is 10.0. The van der Waals surface area contributed by atoms with Crippen molar-refractivity contribution in [1.29, 1.82) is 0 Å². The topological polar surface area (TPSA) is 13.1 Å². The molecule has 1 aliphatic rings. The van der Waals surface area contributed by atoms with Gasteiger partial charge in [-0.3, -0.25) is 0 Å².